The minimum absolute atomic E-state index is 0.00315. The molecule has 162 valence electrons. The Hall–Kier alpha value is -3.01. The zero-order valence-corrected chi connectivity index (χ0v) is 16.5. The van der Waals surface area contributed by atoms with Crippen molar-refractivity contribution in [2.45, 2.75) is 19.5 Å². The number of amides is 1. The lowest BCUT2D eigenvalue weighted by Crippen LogP contribution is -2.22. The van der Waals surface area contributed by atoms with Crippen LogP contribution in [0.15, 0.2) is 36.5 Å². The van der Waals surface area contributed by atoms with Crippen LogP contribution in [0.5, 0.6) is 11.5 Å². The Balaban J connectivity index is 1.77. The molecule has 0 aliphatic rings. The minimum atomic E-state index is -4.61. The fourth-order valence-corrected chi connectivity index (χ4v) is 2.37. The van der Waals surface area contributed by atoms with Gasteiger partial charge in [0.05, 0.1) is 30.2 Å². The highest BCUT2D eigenvalue weighted by Gasteiger charge is 2.31. The Kier molecular flexibility index (Phi) is 8.28. The summed E-state index contributed by atoms with van der Waals surface area (Å²) in [7, 11) is 0. The Morgan fingerprint density at radius 2 is 1.83 bits per heavy atom. The highest BCUT2D eigenvalue weighted by atomic mass is 35.5. The molecule has 2 rings (SSSR count). The smallest absolute Gasteiger partial charge is 0.417 e. The van der Waals surface area contributed by atoms with Gasteiger partial charge in [0.2, 0.25) is 0 Å². The number of para-hydroxylation sites is 2. The van der Waals surface area contributed by atoms with Crippen molar-refractivity contribution in [1.29, 1.82) is 0 Å². The number of benzene rings is 1. The predicted molar refractivity (Wildman–Crippen MR) is 102 cm³/mol. The number of carbonyl (C=O) groups is 2. The monoisotopic (exact) mass is 446 g/mol. The molecule has 0 bridgehead atoms. The maximum absolute atomic E-state index is 12.6. The van der Waals surface area contributed by atoms with Crippen LogP contribution in [0.3, 0.4) is 0 Å². The van der Waals surface area contributed by atoms with Gasteiger partial charge in [-0.2, -0.15) is 13.2 Å². The van der Waals surface area contributed by atoms with E-state index in [4.69, 9.17) is 25.8 Å². The molecule has 1 heterocycles. The van der Waals surface area contributed by atoms with Gasteiger partial charge in [-0.05, 0) is 25.1 Å². The molecule has 1 aromatic carbocycles. The van der Waals surface area contributed by atoms with E-state index in [1.54, 1.807) is 24.3 Å². The zero-order chi connectivity index (χ0) is 22.1. The predicted octanol–water partition coefficient (Wildman–Crippen LogP) is 4.10. The van der Waals surface area contributed by atoms with E-state index in [0.717, 1.165) is 0 Å². The molecule has 1 amide bonds. The lowest BCUT2D eigenvalue weighted by atomic mass is 10.3. The Bertz CT molecular complexity index is 893. The summed E-state index contributed by atoms with van der Waals surface area (Å²) in [5.74, 6) is -0.784. The van der Waals surface area contributed by atoms with Crippen molar-refractivity contribution in [1.82, 2.24) is 4.98 Å². The van der Waals surface area contributed by atoms with Gasteiger partial charge in [0.15, 0.2) is 23.9 Å². The van der Waals surface area contributed by atoms with Crippen molar-refractivity contribution < 1.29 is 37.0 Å². The molecule has 2 aromatic rings. The summed E-state index contributed by atoms with van der Waals surface area (Å²) in [5, 5.41) is 1.78. The quantitative estimate of drug-likeness (QED) is 0.583. The molecule has 0 radical (unpaired) electrons. The standard InChI is InChI=1S/C19H18ClF3N2O5/c1-2-28-14-5-3-4-6-15(14)29-8-7-17(27)30-11-16(26)25-18-13(20)9-12(10-24-18)19(21,22)23/h3-6,9-10H,2,7-8,11H2,1H3,(H,24,25,26). The maximum Gasteiger partial charge on any atom is 0.417 e. The van der Waals surface area contributed by atoms with E-state index in [9.17, 15) is 22.8 Å². The third-order valence-electron chi connectivity index (χ3n) is 3.50. The molecule has 0 fully saturated rings. The van der Waals surface area contributed by atoms with Crippen LogP contribution in [0, 0.1) is 0 Å². The van der Waals surface area contributed by atoms with Crippen LogP contribution in [0.2, 0.25) is 5.02 Å². The normalized spacial score (nSPS) is 11.0. The first-order chi connectivity index (χ1) is 14.2. The van der Waals surface area contributed by atoms with Gasteiger partial charge >= 0.3 is 12.1 Å². The number of nitrogens with zero attached hydrogens (tertiary/aromatic N) is 1. The molecule has 0 aliphatic heterocycles. The summed E-state index contributed by atoms with van der Waals surface area (Å²) in [6.45, 7) is 1.62. The van der Waals surface area contributed by atoms with Crippen LogP contribution >= 0.6 is 11.6 Å². The number of ether oxygens (including phenoxy) is 3. The second-order valence-corrected chi connectivity index (χ2v) is 6.15. The Labute approximate surface area is 175 Å². The average molecular weight is 447 g/mol. The lowest BCUT2D eigenvalue weighted by Gasteiger charge is -2.12. The van der Waals surface area contributed by atoms with Crippen molar-refractivity contribution in [2.75, 3.05) is 25.1 Å². The molecule has 0 aliphatic carbocycles. The van der Waals surface area contributed by atoms with Crippen LogP contribution in [-0.4, -0.2) is 36.7 Å². The zero-order valence-electron chi connectivity index (χ0n) is 15.8. The molecular formula is C19H18ClF3N2O5. The Morgan fingerprint density at radius 3 is 2.43 bits per heavy atom. The number of halogens is 4. The first-order valence-corrected chi connectivity index (χ1v) is 9.11. The number of anilines is 1. The van der Waals surface area contributed by atoms with E-state index in [1.165, 1.54) is 0 Å². The molecule has 30 heavy (non-hydrogen) atoms. The highest BCUT2D eigenvalue weighted by molar-refractivity contribution is 6.33. The summed E-state index contributed by atoms with van der Waals surface area (Å²) >= 11 is 5.69. The number of hydrogen-bond acceptors (Lipinski definition) is 6. The number of aromatic nitrogens is 1. The summed E-state index contributed by atoms with van der Waals surface area (Å²) in [4.78, 5) is 27.0. The van der Waals surface area contributed by atoms with Gasteiger partial charge in [0.25, 0.3) is 5.91 Å². The first kappa shape index (κ1) is 23.3. The van der Waals surface area contributed by atoms with Crippen molar-refractivity contribution >= 4 is 29.3 Å². The van der Waals surface area contributed by atoms with Crippen molar-refractivity contribution in [3.05, 3.63) is 47.1 Å². The van der Waals surface area contributed by atoms with Gasteiger partial charge in [-0.25, -0.2) is 4.98 Å². The fraction of sp³-hybridized carbons (Fsp3) is 0.316. The Morgan fingerprint density at radius 1 is 1.17 bits per heavy atom. The van der Waals surface area contributed by atoms with Crippen LogP contribution in [0.1, 0.15) is 18.9 Å². The average Bonchev–Trinajstić information content (AvgIpc) is 2.68. The van der Waals surface area contributed by atoms with Crippen LogP contribution in [0.25, 0.3) is 0 Å². The van der Waals surface area contributed by atoms with Gasteiger partial charge in [0, 0.05) is 6.20 Å². The first-order valence-electron chi connectivity index (χ1n) is 8.73. The minimum Gasteiger partial charge on any atom is -0.490 e. The number of hydrogen-bond donors (Lipinski definition) is 1. The molecule has 0 atom stereocenters. The van der Waals surface area contributed by atoms with Crippen LogP contribution < -0.4 is 14.8 Å². The molecular weight excluding hydrogens is 429 g/mol. The van der Waals surface area contributed by atoms with Crippen molar-refractivity contribution in [2.24, 2.45) is 0 Å². The fourth-order valence-electron chi connectivity index (χ4n) is 2.16. The van der Waals surface area contributed by atoms with Gasteiger partial charge in [-0.3, -0.25) is 9.59 Å². The van der Waals surface area contributed by atoms with Gasteiger partial charge in [0.1, 0.15) is 0 Å². The van der Waals surface area contributed by atoms with Gasteiger partial charge in [-0.1, -0.05) is 23.7 Å². The lowest BCUT2D eigenvalue weighted by molar-refractivity contribution is -0.147. The van der Waals surface area contributed by atoms with E-state index in [0.29, 0.717) is 30.4 Å². The van der Waals surface area contributed by atoms with Gasteiger partial charge in [-0.15, -0.1) is 0 Å². The third kappa shape index (κ3) is 7.11. The highest BCUT2D eigenvalue weighted by Crippen LogP contribution is 2.32. The molecule has 0 saturated heterocycles. The number of pyridine rings is 1. The van der Waals surface area contributed by atoms with Crippen molar-refractivity contribution in [3.63, 3.8) is 0 Å². The largest absolute Gasteiger partial charge is 0.490 e. The number of esters is 1. The second kappa shape index (κ2) is 10.7. The number of carbonyl (C=O) groups excluding carboxylic acids is 2. The van der Waals surface area contributed by atoms with E-state index < -0.39 is 35.2 Å². The van der Waals surface area contributed by atoms with Crippen molar-refractivity contribution in [3.8, 4) is 11.5 Å². The topological polar surface area (TPSA) is 86.8 Å². The molecule has 7 nitrogen and oxygen atoms in total. The molecule has 0 spiro atoms. The number of alkyl halides is 3. The summed E-state index contributed by atoms with van der Waals surface area (Å²) in [6.07, 6.45) is -4.21. The second-order valence-electron chi connectivity index (χ2n) is 5.74. The van der Waals surface area contributed by atoms with E-state index in [1.807, 2.05) is 6.92 Å². The molecule has 1 aromatic heterocycles. The third-order valence-corrected chi connectivity index (χ3v) is 3.79. The molecule has 0 unspecified atom stereocenters. The van der Waals surface area contributed by atoms with E-state index >= 15 is 0 Å². The summed E-state index contributed by atoms with van der Waals surface area (Å²) in [6, 6.07) is 7.57. The van der Waals surface area contributed by atoms with E-state index in [-0.39, 0.29) is 18.8 Å². The van der Waals surface area contributed by atoms with Crippen LogP contribution in [0.4, 0.5) is 19.0 Å². The molecule has 0 saturated carbocycles. The number of nitrogens with one attached hydrogen (secondary N) is 1. The van der Waals surface area contributed by atoms with Gasteiger partial charge < -0.3 is 19.5 Å². The molecule has 1 N–H and O–H groups in total. The molecule has 11 heteroatoms. The SMILES string of the molecule is CCOc1ccccc1OCCC(=O)OCC(=O)Nc1ncc(C(F)(F)F)cc1Cl. The summed E-state index contributed by atoms with van der Waals surface area (Å²) in [5.41, 5.74) is -1.05. The summed E-state index contributed by atoms with van der Waals surface area (Å²) < 4.78 is 53.4. The van der Waals surface area contributed by atoms with Crippen LogP contribution in [-0.2, 0) is 20.5 Å². The van der Waals surface area contributed by atoms with E-state index in [2.05, 4.69) is 10.3 Å². The number of rotatable bonds is 9. The maximum atomic E-state index is 12.6.